The van der Waals surface area contributed by atoms with Gasteiger partial charge in [-0.3, -0.25) is 10.1 Å². The molecule has 3 aromatic rings. The topological polar surface area (TPSA) is 108 Å². The summed E-state index contributed by atoms with van der Waals surface area (Å²) in [5, 5.41) is 25.8. The second-order valence-electron chi connectivity index (χ2n) is 5.68. The maximum atomic E-state index is 10.9. The van der Waals surface area contributed by atoms with Crippen molar-refractivity contribution in [1.29, 1.82) is 0 Å². The Labute approximate surface area is 148 Å². The van der Waals surface area contributed by atoms with E-state index in [4.69, 9.17) is 4.74 Å². The molecule has 2 heterocycles. The Morgan fingerprint density at radius 2 is 2.04 bits per heavy atom. The number of fused-ring (bicyclic) bond motifs is 1. The number of tetrazole rings is 1. The summed E-state index contributed by atoms with van der Waals surface area (Å²) in [5.74, 6) is 1.23. The molecule has 0 radical (unpaired) electrons. The second-order valence-corrected chi connectivity index (χ2v) is 5.68. The summed E-state index contributed by atoms with van der Waals surface area (Å²) in [6.07, 6.45) is 1.97. The fourth-order valence-electron chi connectivity index (χ4n) is 2.84. The molecule has 0 saturated carbocycles. The molecule has 1 aromatic heterocycles. The summed E-state index contributed by atoms with van der Waals surface area (Å²) in [6.45, 7) is 0. The number of hydrogen-bond acceptors (Lipinski definition) is 7. The first-order valence-electron chi connectivity index (χ1n) is 7.81. The zero-order valence-electron chi connectivity index (χ0n) is 13.7. The quantitative estimate of drug-likeness (QED) is 0.569. The fraction of sp³-hybridized carbons (Fsp3) is 0.118. The SMILES string of the molecule is COc1cccc(C2=CC(c3ccc([N+](=O)[O-])cc3)n3nnnc3N2)c1. The Morgan fingerprint density at radius 1 is 1.23 bits per heavy atom. The number of benzene rings is 2. The predicted molar refractivity (Wildman–Crippen MR) is 93.6 cm³/mol. The highest BCUT2D eigenvalue weighted by atomic mass is 16.6. The molecule has 26 heavy (non-hydrogen) atoms. The Bertz CT molecular complexity index is 996. The number of nitro groups is 1. The fourth-order valence-corrected chi connectivity index (χ4v) is 2.84. The summed E-state index contributed by atoms with van der Waals surface area (Å²) in [6, 6.07) is 13.7. The smallest absolute Gasteiger partial charge is 0.269 e. The van der Waals surface area contributed by atoms with E-state index >= 15 is 0 Å². The second kappa shape index (κ2) is 6.28. The number of methoxy groups -OCH3 is 1. The van der Waals surface area contributed by atoms with Crippen LogP contribution in [0.2, 0.25) is 0 Å². The van der Waals surface area contributed by atoms with Crippen molar-refractivity contribution in [2.75, 3.05) is 12.4 Å². The van der Waals surface area contributed by atoms with Crippen LogP contribution in [0.5, 0.6) is 5.75 Å². The third-order valence-electron chi connectivity index (χ3n) is 4.15. The number of allylic oxidation sites excluding steroid dienone is 1. The van der Waals surface area contributed by atoms with Crippen molar-refractivity contribution in [3.05, 3.63) is 75.8 Å². The van der Waals surface area contributed by atoms with Gasteiger partial charge in [-0.1, -0.05) is 17.2 Å². The van der Waals surface area contributed by atoms with Crippen LogP contribution in [0.4, 0.5) is 11.6 Å². The molecule has 4 rings (SSSR count). The predicted octanol–water partition coefficient (Wildman–Crippen LogP) is 2.65. The largest absolute Gasteiger partial charge is 0.497 e. The van der Waals surface area contributed by atoms with Gasteiger partial charge < -0.3 is 10.1 Å². The van der Waals surface area contributed by atoms with Gasteiger partial charge in [-0.2, -0.15) is 4.68 Å². The third kappa shape index (κ3) is 2.75. The van der Waals surface area contributed by atoms with E-state index in [2.05, 4.69) is 20.8 Å². The van der Waals surface area contributed by atoms with Crippen molar-refractivity contribution in [2.45, 2.75) is 6.04 Å². The molecule has 130 valence electrons. The average Bonchev–Trinajstić information content (AvgIpc) is 3.16. The molecular weight excluding hydrogens is 336 g/mol. The van der Waals surface area contributed by atoms with E-state index in [1.165, 1.54) is 12.1 Å². The Hall–Kier alpha value is -3.75. The zero-order chi connectivity index (χ0) is 18.1. The van der Waals surface area contributed by atoms with Crippen molar-refractivity contribution in [3.8, 4) is 5.75 Å². The molecule has 0 amide bonds. The van der Waals surface area contributed by atoms with Gasteiger partial charge in [0.05, 0.1) is 12.0 Å². The normalized spacial score (nSPS) is 15.6. The summed E-state index contributed by atoms with van der Waals surface area (Å²) >= 11 is 0. The van der Waals surface area contributed by atoms with Gasteiger partial charge >= 0.3 is 0 Å². The van der Waals surface area contributed by atoms with Gasteiger partial charge in [-0.05, 0) is 46.3 Å². The van der Waals surface area contributed by atoms with Crippen molar-refractivity contribution in [3.63, 3.8) is 0 Å². The highest BCUT2D eigenvalue weighted by molar-refractivity contribution is 5.77. The molecule has 2 aromatic carbocycles. The number of ether oxygens (including phenoxy) is 1. The van der Waals surface area contributed by atoms with Crippen LogP contribution in [0.3, 0.4) is 0 Å². The first-order valence-corrected chi connectivity index (χ1v) is 7.81. The van der Waals surface area contributed by atoms with Gasteiger partial charge in [0, 0.05) is 23.4 Å². The number of non-ortho nitro benzene ring substituents is 1. The van der Waals surface area contributed by atoms with Crippen LogP contribution in [-0.2, 0) is 0 Å². The first kappa shape index (κ1) is 15.8. The standard InChI is InChI=1S/C17H14N6O3/c1-26-14-4-2-3-12(9-14)15-10-16(22-17(18-15)19-20-21-22)11-5-7-13(8-6-11)23(24)25/h2-10,16H,1H3,(H,18,19,21). The van der Waals surface area contributed by atoms with Gasteiger partial charge in [0.1, 0.15) is 11.8 Å². The van der Waals surface area contributed by atoms with E-state index in [9.17, 15) is 10.1 Å². The van der Waals surface area contributed by atoms with Crippen LogP contribution in [0.1, 0.15) is 17.2 Å². The third-order valence-corrected chi connectivity index (χ3v) is 4.15. The number of anilines is 1. The minimum Gasteiger partial charge on any atom is -0.497 e. The van der Waals surface area contributed by atoms with Crippen molar-refractivity contribution in [1.82, 2.24) is 20.2 Å². The highest BCUT2D eigenvalue weighted by Gasteiger charge is 2.24. The number of nitrogens with one attached hydrogen (secondary N) is 1. The van der Waals surface area contributed by atoms with E-state index in [0.29, 0.717) is 5.95 Å². The van der Waals surface area contributed by atoms with E-state index < -0.39 is 4.92 Å². The minimum atomic E-state index is -0.424. The first-order chi connectivity index (χ1) is 12.7. The number of nitrogens with zero attached hydrogens (tertiary/aromatic N) is 5. The van der Waals surface area contributed by atoms with Crippen molar-refractivity contribution >= 4 is 17.3 Å². The van der Waals surface area contributed by atoms with Crippen LogP contribution in [-0.4, -0.2) is 32.2 Å². The van der Waals surface area contributed by atoms with Gasteiger partial charge in [0.2, 0.25) is 5.95 Å². The molecule has 0 bridgehead atoms. The molecule has 0 aliphatic carbocycles. The van der Waals surface area contributed by atoms with Crippen molar-refractivity contribution in [2.24, 2.45) is 0 Å². The Morgan fingerprint density at radius 3 is 2.77 bits per heavy atom. The summed E-state index contributed by atoms with van der Waals surface area (Å²) in [7, 11) is 1.61. The van der Waals surface area contributed by atoms with Gasteiger partial charge in [0.15, 0.2) is 0 Å². The molecule has 1 unspecified atom stereocenters. The number of hydrogen-bond donors (Lipinski definition) is 1. The van der Waals surface area contributed by atoms with Gasteiger partial charge in [-0.25, -0.2) is 0 Å². The molecule has 0 saturated heterocycles. The number of aromatic nitrogens is 4. The lowest BCUT2D eigenvalue weighted by Crippen LogP contribution is -2.20. The zero-order valence-corrected chi connectivity index (χ0v) is 13.7. The maximum absolute atomic E-state index is 10.9. The summed E-state index contributed by atoms with van der Waals surface area (Å²) in [5.41, 5.74) is 2.63. The van der Waals surface area contributed by atoms with Gasteiger partial charge in [0.25, 0.3) is 5.69 Å². The van der Waals surface area contributed by atoms with Crippen LogP contribution < -0.4 is 10.1 Å². The highest BCUT2D eigenvalue weighted by Crippen LogP contribution is 2.33. The summed E-state index contributed by atoms with van der Waals surface area (Å²) in [4.78, 5) is 10.5. The molecule has 0 fully saturated rings. The molecule has 1 atom stereocenters. The average molecular weight is 350 g/mol. The Balaban J connectivity index is 1.76. The lowest BCUT2D eigenvalue weighted by molar-refractivity contribution is -0.384. The molecule has 1 aliphatic rings. The van der Waals surface area contributed by atoms with E-state index in [-0.39, 0.29) is 11.7 Å². The molecule has 0 spiro atoms. The monoisotopic (exact) mass is 350 g/mol. The van der Waals surface area contributed by atoms with Crippen LogP contribution in [0, 0.1) is 10.1 Å². The minimum absolute atomic E-state index is 0.0385. The molecule has 9 nitrogen and oxygen atoms in total. The van der Waals surface area contributed by atoms with E-state index in [1.54, 1.807) is 23.9 Å². The van der Waals surface area contributed by atoms with Gasteiger partial charge in [-0.15, -0.1) is 0 Å². The number of nitro benzene ring substituents is 1. The molecule has 1 aliphatic heterocycles. The molecular formula is C17H14N6O3. The van der Waals surface area contributed by atoms with Crippen LogP contribution >= 0.6 is 0 Å². The number of rotatable bonds is 4. The lowest BCUT2D eigenvalue weighted by Gasteiger charge is -2.23. The van der Waals surface area contributed by atoms with Crippen LogP contribution in [0.25, 0.3) is 5.70 Å². The maximum Gasteiger partial charge on any atom is 0.269 e. The Kier molecular flexibility index (Phi) is 3.81. The van der Waals surface area contributed by atoms with Crippen molar-refractivity contribution < 1.29 is 9.66 Å². The lowest BCUT2D eigenvalue weighted by atomic mass is 10.0. The van der Waals surface area contributed by atoms with E-state index in [0.717, 1.165) is 22.6 Å². The molecule has 1 N–H and O–H groups in total. The van der Waals surface area contributed by atoms with E-state index in [1.807, 2.05) is 30.3 Å². The van der Waals surface area contributed by atoms with Crippen LogP contribution in [0.15, 0.2) is 54.6 Å². The molecule has 9 heteroatoms. The summed E-state index contributed by atoms with van der Waals surface area (Å²) < 4.78 is 6.91.